The van der Waals surface area contributed by atoms with Gasteiger partial charge in [0, 0.05) is 12.3 Å². The minimum absolute atomic E-state index is 0.176. The number of aliphatic hydroxyl groups is 1. The predicted molar refractivity (Wildman–Crippen MR) is 33.5 cm³/mol. The molecule has 1 heterocycles. The Morgan fingerprint density at radius 2 is 2.56 bits per heavy atom. The van der Waals surface area contributed by atoms with Gasteiger partial charge in [-0.05, 0) is 6.42 Å². The van der Waals surface area contributed by atoms with Crippen molar-refractivity contribution in [2.45, 2.75) is 19.1 Å². The molecule has 2 heteroatoms. The van der Waals surface area contributed by atoms with Crippen LogP contribution in [-0.4, -0.2) is 18.0 Å². The molecule has 1 saturated heterocycles. The fourth-order valence-electron chi connectivity index (χ4n) is 0.973. The highest BCUT2D eigenvalue weighted by Crippen LogP contribution is 2.20. The van der Waals surface area contributed by atoms with E-state index in [1.54, 1.807) is 0 Å². The summed E-state index contributed by atoms with van der Waals surface area (Å²) in [6.07, 6.45) is 5.96. The molecule has 50 valence electrons. The van der Waals surface area contributed by atoms with E-state index in [0.717, 1.165) is 6.42 Å². The Kier molecular flexibility index (Phi) is 2.10. The van der Waals surface area contributed by atoms with Crippen LogP contribution in [-0.2, 0) is 4.74 Å². The van der Waals surface area contributed by atoms with Crippen LogP contribution in [0.25, 0.3) is 0 Å². The molecule has 0 unspecified atom stereocenters. The highest BCUT2D eigenvalue weighted by atomic mass is 16.6. The van der Waals surface area contributed by atoms with Gasteiger partial charge < -0.3 is 9.84 Å². The zero-order chi connectivity index (χ0) is 6.69. The van der Waals surface area contributed by atoms with Gasteiger partial charge in [-0.2, -0.15) is 0 Å². The lowest BCUT2D eigenvalue weighted by Crippen LogP contribution is -2.13. The second-order valence-electron chi connectivity index (χ2n) is 2.22. The summed E-state index contributed by atoms with van der Waals surface area (Å²) in [5.74, 6) is 2.68. The largest absolute Gasteiger partial charge is 0.368 e. The first-order valence-electron chi connectivity index (χ1n) is 3.07. The van der Waals surface area contributed by atoms with Crippen molar-refractivity contribution < 1.29 is 9.84 Å². The van der Waals surface area contributed by atoms with Crippen LogP contribution < -0.4 is 0 Å². The molecule has 0 aliphatic carbocycles. The maximum Gasteiger partial charge on any atom is 0.158 e. The fourth-order valence-corrected chi connectivity index (χ4v) is 0.973. The van der Waals surface area contributed by atoms with Gasteiger partial charge in [0.1, 0.15) is 0 Å². The van der Waals surface area contributed by atoms with Crippen LogP contribution in [0.5, 0.6) is 0 Å². The van der Waals surface area contributed by atoms with Gasteiger partial charge in [0.05, 0.1) is 6.61 Å². The van der Waals surface area contributed by atoms with Crippen LogP contribution in [0.3, 0.4) is 0 Å². The van der Waals surface area contributed by atoms with E-state index in [9.17, 15) is 0 Å². The van der Waals surface area contributed by atoms with Crippen LogP contribution in [0.15, 0.2) is 0 Å². The fraction of sp³-hybridized carbons (Fsp3) is 0.714. The van der Waals surface area contributed by atoms with Crippen molar-refractivity contribution in [3.8, 4) is 12.3 Å². The summed E-state index contributed by atoms with van der Waals surface area (Å²) < 4.78 is 4.88. The summed E-state index contributed by atoms with van der Waals surface area (Å²) in [7, 11) is 0. The lowest BCUT2D eigenvalue weighted by Gasteiger charge is -2.07. The molecule has 1 aliphatic heterocycles. The maximum absolute atomic E-state index is 9.00. The average molecular weight is 126 g/mol. The quantitative estimate of drug-likeness (QED) is 0.514. The Hall–Kier alpha value is -0.520. The number of hydrogen-bond acceptors (Lipinski definition) is 2. The molecule has 2 atom stereocenters. The van der Waals surface area contributed by atoms with Gasteiger partial charge in [0.25, 0.3) is 0 Å². The Morgan fingerprint density at radius 3 is 3.00 bits per heavy atom. The molecular formula is C7H10O2. The van der Waals surface area contributed by atoms with Crippen LogP contribution in [0.2, 0.25) is 0 Å². The van der Waals surface area contributed by atoms with Gasteiger partial charge >= 0.3 is 0 Å². The minimum Gasteiger partial charge on any atom is -0.368 e. The monoisotopic (exact) mass is 126 g/mol. The number of rotatable bonds is 1. The number of aliphatic hydroxyl groups excluding tert-OH is 1. The molecule has 1 aliphatic rings. The molecule has 0 aromatic heterocycles. The predicted octanol–water partition coefficient (Wildman–Crippen LogP) is 0.365. The van der Waals surface area contributed by atoms with Crippen molar-refractivity contribution in [1.29, 1.82) is 0 Å². The van der Waals surface area contributed by atoms with Gasteiger partial charge in [-0.25, -0.2) is 0 Å². The Balaban J connectivity index is 2.33. The summed E-state index contributed by atoms with van der Waals surface area (Å²) in [5, 5.41) is 9.00. The van der Waals surface area contributed by atoms with Gasteiger partial charge in [0.15, 0.2) is 6.29 Å². The second-order valence-corrected chi connectivity index (χ2v) is 2.22. The topological polar surface area (TPSA) is 29.5 Å². The minimum atomic E-state index is -0.610. The Bertz CT molecular complexity index is 125. The van der Waals surface area contributed by atoms with Crippen LogP contribution in [0, 0.1) is 18.3 Å². The summed E-state index contributed by atoms with van der Waals surface area (Å²) in [4.78, 5) is 0. The highest BCUT2D eigenvalue weighted by Gasteiger charge is 2.24. The van der Waals surface area contributed by atoms with E-state index in [2.05, 4.69) is 5.92 Å². The van der Waals surface area contributed by atoms with Crippen LogP contribution in [0.4, 0.5) is 0 Å². The maximum atomic E-state index is 9.00. The van der Waals surface area contributed by atoms with Gasteiger partial charge in [0.2, 0.25) is 0 Å². The summed E-state index contributed by atoms with van der Waals surface area (Å²) >= 11 is 0. The van der Waals surface area contributed by atoms with E-state index in [-0.39, 0.29) is 5.92 Å². The Labute approximate surface area is 54.8 Å². The molecule has 1 fully saturated rings. The van der Waals surface area contributed by atoms with Crippen LogP contribution in [0.1, 0.15) is 12.8 Å². The SMILES string of the molecule is C#CC[C@@H]1CCO[C@@H]1O. The molecule has 0 spiro atoms. The molecule has 1 rings (SSSR count). The van der Waals surface area contributed by atoms with E-state index >= 15 is 0 Å². The zero-order valence-corrected chi connectivity index (χ0v) is 5.21. The molecule has 0 aromatic rings. The van der Waals surface area contributed by atoms with Gasteiger partial charge in [-0.15, -0.1) is 12.3 Å². The van der Waals surface area contributed by atoms with E-state index in [1.807, 2.05) is 0 Å². The molecule has 2 nitrogen and oxygen atoms in total. The van der Waals surface area contributed by atoms with E-state index in [1.165, 1.54) is 0 Å². The molecular weight excluding hydrogens is 116 g/mol. The van der Waals surface area contributed by atoms with E-state index < -0.39 is 6.29 Å². The Morgan fingerprint density at radius 1 is 1.78 bits per heavy atom. The second kappa shape index (κ2) is 2.86. The molecule has 0 aromatic carbocycles. The summed E-state index contributed by atoms with van der Waals surface area (Å²) in [5.41, 5.74) is 0. The lowest BCUT2D eigenvalue weighted by molar-refractivity contribution is -0.0810. The molecule has 0 amide bonds. The standard InChI is InChI=1S/C7H10O2/c1-2-3-6-4-5-9-7(6)8/h1,6-8H,3-5H2/t6-,7+/m1/s1. The molecule has 0 saturated carbocycles. The molecule has 9 heavy (non-hydrogen) atoms. The van der Waals surface area contributed by atoms with Crippen molar-refractivity contribution in [2.75, 3.05) is 6.61 Å². The third-order valence-corrected chi connectivity index (χ3v) is 1.56. The lowest BCUT2D eigenvalue weighted by atomic mass is 10.0. The summed E-state index contributed by atoms with van der Waals surface area (Å²) in [6.45, 7) is 0.646. The number of hydrogen-bond donors (Lipinski definition) is 1. The molecule has 1 N–H and O–H groups in total. The third kappa shape index (κ3) is 1.44. The average Bonchev–Trinajstić information content (AvgIpc) is 2.18. The van der Waals surface area contributed by atoms with E-state index in [4.69, 9.17) is 16.3 Å². The third-order valence-electron chi connectivity index (χ3n) is 1.56. The van der Waals surface area contributed by atoms with Crippen molar-refractivity contribution in [3.05, 3.63) is 0 Å². The van der Waals surface area contributed by atoms with Crippen molar-refractivity contribution >= 4 is 0 Å². The highest BCUT2D eigenvalue weighted by molar-refractivity contribution is 4.88. The number of terminal acetylenes is 1. The van der Waals surface area contributed by atoms with Crippen LogP contribution >= 0.6 is 0 Å². The van der Waals surface area contributed by atoms with Gasteiger partial charge in [-0.1, -0.05) is 0 Å². The molecule has 0 bridgehead atoms. The zero-order valence-electron chi connectivity index (χ0n) is 5.21. The number of ether oxygens (including phenoxy) is 1. The normalized spacial score (nSPS) is 34.2. The van der Waals surface area contributed by atoms with Crippen molar-refractivity contribution in [1.82, 2.24) is 0 Å². The molecule has 0 radical (unpaired) electrons. The van der Waals surface area contributed by atoms with Crippen molar-refractivity contribution in [3.63, 3.8) is 0 Å². The van der Waals surface area contributed by atoms with Crippen molar-refractivity contribution in [2.24, 2.45) is 5.92 Å². The first-order valence-corrected chi connectivity index (χ1v) is 3.07. The van der Waals surface area contributed by atoms with E-state index in [0.29, 0.717) is 13.0 Å². The smallest absolute Gasteiger partial charge is 0.158 e. The summed E-state index contributed by atoms with van der Waals surface area (Å²) in [6, 6.07) is 0. The first-order chi connectivity index (χ1) is 4.34. The van der Waals surface area contributed by atoms with Gasteiger partial charge in [-0.3, -0.25) is 0 Å². The first kappa shape index (κ1) is 6.60.